The number of nitrogens with one attached hydrogen (secondary N) is 1. The first-order valence-electron chi connectivity index (χ1n) is 5.62. The van der Waals surface area contributed by atoms with Crippen molar-refractivity contribution in [2.75, 3.05) is 11.9 Å². The van der Waals surface area contributed by atoms with Crippen molar-refractivity contribution in [3.63, 3.8) is 0 Å². The first kappa shape index (κ1) is 11.0. The maximum atomic E-state index is 11.6. The summed E-state index contributed by atoms with van der Waals surface area (Å²) in [5.41, 5.74) is 1.47. The van der Waals surface area contributed by atoms with E-state index >= 15 is 0 Å². The molecule has 0 spiro atoms. The highest BCUT2D eigenvalue weighted by Gasteiger charge is 2.26. The third-order valence-corrected chi connectivity index (χ3v) is 2.71. The smallest absolute Gasteiger partial charge is 0.162 e. The first-order valence-corrected chi connectivity index (χ1v) is 5.62. The molecule has 0 unspecified atom stereocenters. The maximum absolute atomic E-state index is 11.6. The van der Waals surface area contributed by atoms with Gasteiger partial charge in [0.25, 0.3) is 0 Å². The van der Waals surface area contributed by atoms with Crippen LogP contribution in [0.5, 0.6) is 5.75 Å². The van der Waals surface area contributed by atoms with Crippen LogP contribution < -0.4 is 10.1 Å². The van der Waals surface area contributed by atoms with Crippen LogP contribution >= 0.6 is 0 Å². The molecule has 0 radical (unpaired) electrons. The number of rotatable bonds is 2. The van der Waals surface area contributed by atoms with E-state index in [0.717, 1.165) is 23.5 Å². The zero-order valence-corrected chi connectivity index (χ0v) is 9.96. The molecule has 1 aromatic carbocycles. The van der Waals surface area contributed by atoms with E-state index in [0.29, 0.717) is 6.42 Å². The van der Waals surface area contributed by atoms with Gasteiger partial charge in [0.15, 0.2) is 5.78 Å². The third kappa shape index (κ3) is 2.03. The summed E-state index contributed by atoms with van der Waals surface area (Å²) in [6, 6.07) is 5.57. The summed E-state index contributed by atoms with van der Waals surface area (Å²) in [5, 5.41) is 3.30. The van der Waals surface area contributed by atoms with Crippen molar-refractivity contribution in [1.82, 2.24) is 0 Å². The van der Waals surface area contributed by atoms with Crippen LogP contribution in [0.15, 0.2) is 18.2 Å². The molecule has 3 heteroatoms. The Bertz CT molecular complexity index is 424. The lowest BCUT2D eigenvalue weighted by molar-refractivity contribution is 0.0987. The van der Waals surface area contributed by atoms with Gasteiger partial charge in [-0.3, -0.25) is 4.79 Å². The minimum absolute atomic E-state index is 0.162. The second kappa shape index (κ2) is 3.81. The zero-order chi connectivity index (χ0) is 11.8. The average molecular weight is 219 g/mol. The topological polar surface area (TPSA) is 38.3 Å². The standard InChI is InChI=1S/C13H17NO2/c1-4-11(15)9-5-6-12-10(7-9)14-8-13(2,3)16-12/h5-7,14H,4,8H2,1-3H3. The summed E-state index contributed by atoms with van der Waals surface area (Å²) in [6.07, 6.45) is 0.533. The maximum Gasteiger partial charge on any atom is 0.162 e. The van der Waals surface area contributed by atoms with Crippen LogP contribution in [0.4, 0.5) is 5.69 Å². The Kier molecular flexibility index (Phi) is 2.62. The summed E-state index contributed by atoms with van der Waals surface area (Å²) < 4.78 is 5.81. The van der Waals surface area contributed by atoms with Crippen LogP contribution in [-0.4, -0.2) is 17.9 Å². The van der Waals surface area contributed by atoms with Crippen LogP contribution in [0, 0.1) is 0 Å². The van der Waals surface area contributed by atoms with Crippen LogP contribution in [0.1, 0.15) is 37.6 Å². The Morgan fingerprint density at radius 2 is 2.25 bits per heavy atom. The van der Waals surface area contributed by atoms with Crippen LogP contribution in [0.2, 0.25) is 0 Å². The Morgan fingerprint density at radius 3 is 2.94 bits per heavy atom. The van der Waals surface area contributed by atoms with Crippen molar-refractivity contribution in [3.05, 3.63) is 23.8 Å². The Labute approximate surface area is 95.8 Å². The molecule has 1 N–H and O–H groups in total. The summed E-state index contributed by atoms with van der Waals surface area (Å²) in [7, 11) is 0. The fourth-order valence-corrected chi connectivity index (χ4v) is 1.78. The molecule has 3 nitrogen and oxygen atoms in total. The summed E-state index contributed by atoms with van der Waals surface area (Å²) in [4.78, 5) is 11.6. The molecular weight excluding hydrogens is 202 g/mol. The summed E-state index contributed by atoms with van der Waals surface area (Å²) in [5.74, 6) is 0.985. The molecule has 1 aliphatic rings. The minimum atomic E-state index is -0.191. The average Bonchev–Trinajstić information content (AvgIpc) is 2.26. The van der Waals surface area contributed by atoms with Crippen LogP contribution in [0.3, 0.4) is 0 Å². The molecule has 86 valence electrons. The highest BCUT2D eigenvalue weighted by molar-refractivity contribution is 5.97. The molecule has 0 atom stereocenters. The number of carbonyl (C=O) groups is 1. The highest BCUT2D eigenvalue weighted by Crippen LogP contribution is 2.33. The monoisotopic (exact) mass is 219 g/mol. The molecule has 16 heavy (non-hydrogen) atoms. The quantitative estimate of drug-likeness (QED) is 0.777. The van der Waals surface area contributed by atoms with Gasteiger partial charge in [-0.25, -0.2) is 0 Å². The second-order valence-electron chi connectivity index (χ2n) is 4.70. The molecule has 1 heterocycles. The van der Waals surface area contributed by atoms with E-state index in [1.807, 2.05) is 39.0 Å². The Morgan fingerprint density at radius 1 is 1.50 bits per heavy atom. The van der Waals surface area contributed by atoms with Gasteiger partial charge in [-0.05, 0) is 32.0 Å². The van der Waals surface area contributed by atoms with Gasteiger partial charge in [-0.2, -0.15) is 0 Å². The number of ether oxygens (including phenoxy) is 1. The SMILES string of the molecule is CCC(=O)c1ccc2c(c1)NCC(C)(C)O2. The lowest BCUT2D eigenvalue weighted by atomic mass is 10.0. The van der Waals surface area contributed by atoms with E-state index in [1.165, 1.54) is 0 Å². The number of benzene rings is 1. The van der Waals surface area contributed by atoms with E-state index in [9.17, 15) is 4.79 Å². The van der Waals surface area contributed by atoms with Crippen molar-refractivity contribution in [2.45, 2.75) is 32.8 Å². The van der Waals surface area contributed by atoms with Gasteiger partial charge in [0.1, 0.15) is 11.4 Å². The number of Topliss-reactive ketones (excluding diaryl/α,β-unsaturated/α-hetero) is 1. The predicted molar refractivity (Wildman–Crippen MR) is 64.3 cm³/mol. The molecular formula is C13H17NO2. The molecule has 1 aliphatic heterocycles. The van der Waals surface area contributed by atoms with Gasteiger partial charge in [0, 0.05) is 12.0 Å². The highest BCUT2D eigenvalue weighted by atomic mass is 16.5. The van der Waals surface area contributed by atoms with E-state index in [1.54, 1.807) is 0 Å². The fraction of sp³-hybridized carbons (Fsp3) is 0.462. The molecule has 1 aromatic rings. The molecule has 0 saturated heterocycles. The van der Waals surface area contributed by atoms with Gasteiger partial charge in [0.2, 0.25) is 0 Å². The molecule has 2 rings (SSSR count). The van der Waals surface area contributed by atoms with Gasteiger partial charge >= 0.3 is 0 Å². The largest absolute Gasteiger partial charge is 0.484 e. The zero-order valence-electron chi connectivity index (χ0n) is 9.96. The van der Waals surface area contributed by atoms with Crippen molar-refractivity contribution in [3.8, 4) is 5.75 Å². The lowest BCUT2D eigenvalue weighted by Crippen LogP contribution is -2.40. The van der Waals surface area contributed by atoms with Crippen molar-refractivity contribution < 1.29 is 9.53 Å². The number of carbonyl (C=O) groups excluding carboxylic acids is 1. The van der Waals surface area contributed by atoms with Crippen molar-refractivity contribution in [1.29, 1.82) is 0 Å². The van der Waals surface area contributed by atoms with Crippen molar-refractivity contribution in [2.24, 2.45) is 0 Å². The van der Waals surface area contributed by atoms with E-state index < -0.39 is 0 Å². The summed E-state index contributed by atoms with van der Waals surface area (Å²) in [6.45, 7) is 6.70. The molecule has 0 amide bonds. The Balaban J connectivity index is 2.32. The van der Waals surface area contributed by atoms with Gasteiger partial charge in [0.05, 0.1) is 12.2 Å². The number of hydrogen-bond acceptors (Lipinski definition) is 3. The normalized spacial score (nSPS) is 16.9. The molecule has 0 aromatic heterocycles. The van der Waals surface area contributed by atoms with E-state index in [4.69, 9.17) is 4.74 Å². The number of ketones is 1. The molecule has 0 bridgehead atoms. The van der Waals surface area contributed by atoms with Crippen LogP contribution in [0.25, 0.3) is 0 Å². The number of hydrogen-bond donors (Lipinski definition) is 1. The second-order valence-corrected chi connectivity index (χ2v) is 4.70. The van der Waals surface area contributed by atoms with Gasteiger partial charge in [-0.1, -0.05) is 6.92 Å². The summed E-state index contributed by atoms with van der Waals surface area (Å²) >= 11 is 0. The van der Waals surface area contributed by atoms with Gasteiger partial charge in [-0.15, -0.1) is 0 Å². The Hall–Kier alpha value is -1.51. The number of fused-ring (bicyclic) bond motifs is 1. The van der Waals surface area contributed by atoms with Gasteiger partial charge < -0.3 is 10.1 Å². The third-order valence-electron chi connectivity index (χ3n) is 2.71. The molecule has 0 aliphatic carbocycles. The van der Waals surface area contributed by atoms with E-state index in [-0.39, 0.29) is 11.4 Å². The molecule has 0 saturated carbocycles. The van der Waals surface area contributed by atoms with E-state index in [2.05, 4.69) is 5.32 Å². The van der Waals surface area contributed by atoms with Crippen molar-refractivity contribution >= 4 is 11.5 Å². The first-order chi connectivity index (χ1) is 7.52. The molecule has 0 fully saturated rings. The minimum Gasteiger partial charge on any atom is -0.484 e. The lowest BCUT2D eigenvalue weighted by Gasteiger charge is -2.33. The fourth-order valence-electron chi connectivity index (χ4n) is 1.78. The van der Waals surface area contributed by atoms with Crippen LogP contribution in [-0.2, 0) is 0 Å². The predicted octanol–water partition coefficient (Wildman–Crippen LogP) is 2.86. The number of anilines is 1.